The number of ether oxygens (including phenoxy) is 2. The summed E-state index contributed by atoms with van der Waals surface area (Å²) in [6.45, 7) is 4.94. The van der Waals surface area contributed by atoms with E-state index in [4.69, 9.17) is 9.47 Å². The van der Waals surface area contributed by atoms with Crippen LogP contribution >= 0.6 is 0 Å². The average molecular weight is 357 g/mol. The Morgan fingerprint density at radius 1 is 1.12 bits per heavy atom. The molecule has 5 nitrogen and oxygen atoms in total. The number of carboxylic acids is 1. The summed E-state index contributed by atoms with van der Waals surface area (Å²) in [6.07, 6.45) is 10.1. The molecule has 1 heterocycles. The van der Waals surface area contributed by atoms with Gasteiger partial charge in [-0.3, -0.25) is 0 Å². The van der Waals surface area contributed by atoms with Crippen LogP contribution in [0.3, 0.4) is 0 Å². The average Bonchev–Trinajstić information content (AvgIpc) is 2.60. The predicted molar refractivity (Wildman–Crippen MR) is 98.7 cm³/mol. The standard InChI is InChI=1S/C20H36O5/c1-3-5-7-8-12-17(20(22)23)18(21)15-16(11-6-4-2)25-19-13-9-10-14-24-19/h16,19,21H,3-15H2,1-2H3,(H,22,23)/b18-17-. The first-order chi connectivity index (χ1) is 12.1. The number of hydrogen-bond acceptors (Lipinski definition) is 4. The number of aliphatic hydroxyl groups excluding tert-OH is 1. The molecule has 0 amide bonds. The maximum atomic E-state index is 11.5. The van der Waals surface area contributed by atoms with Crippen molar-refractivity contribution in [3.8, 4) is 0 Å². The summed E-state index contributed by atoms with van der Waals surface area (Å²) < 4.78 is 11.7. The molecule has 0 spiro atoms. The second-order valence-electron chi connectivity index (χ2n) is 6.94. The summed E-state index contributed by atoms with van der Waals surface area (Å²) in [5.41, 5.74) is 0.144. The molecule has 5 heteroatoms. The zero-order chi connectivity index (χ0) is 18.5. The van der Waals surface area contributed by atoms with Gasteiger partial charge in [-0.05, 0) is 38.5 Å². The lowest BCUT2D eigenvalue weighted by Crippen LogP contribution is -2.28. The maximum absolute atomic E-state index is 11.5. The predicted octanol–water partition coefficient (Wildman–Crippen LogP) is 5.35. The molecule has 1 aliphatic heterocycles. The molecule has 1 aliphatic rings. The number of rotatable bonds is 13. The van der Waals surface area contributed by atoms with Gasteiger partial charge in [0.25, 0.3) is 0 Å². The van der Waals surface area contributed by atoms with Crippen LogP contribution in [-0.4, -0.2) is 35.2 Å². The van der Waals surface area contributed by atoms with Crippen LogP contribution in [0, 0.1) is 0 Å². The number of aliphatic carboxylic acids is 1. The largest absolute Gasteiger partial charge is 0.512 e. The van der Waals surface area contributed by atoms with Gasteiger partial charge in [-0.15, -0.1) is 0 Å². The van der Waals surface area contributed by atoms with E-state index in [1.807, 2.05) is 0 Å². The first-order valence-corrected chi connectivity index (χ1v) is 9.99. The molecule has 0 radical (unpaired) electrons. The van der Waals surface area contributed by atoms with Crippen molar-refractivity contribution in [2.24, 2.45) is 0 Å². The molecule has 1 saturated heterocycles. The van der Waals surface area contributed by atoms with Gasteiger partial charge in [0.2, 0.25) is 0 Å². The Labute approximate surface area is 152 Å². The fraction of sp³-hybridized carbons (Fsp3) is 0.850. The van der Waals surface area contributed by atoms with E-state index in [-0.39, 0.29) is 30.1 Å². The Bertz CT molecular complexity index is 399. The van der Waals surface area contributed by atoms with E-state index < -0.39 is 5.97 Å². The molecule has 1 fully saturated rings. The lowest BCUT2D eigenvalue weighted by atomic mass is 10.0. The van der Waals surface area contributed by atoms with Crippen molar-refractivity contribution in [3.63, 3.8) is 0 Å². The van der Waals surface area contributed by atoms with Crippen LogP contribution in [0.4, 0.5) is 0 Å². The molecule has 146 valence electrons. The molecule has 0 aromatic carbocycles. The van der Waals surface area contributed by atoms with Crippen LogP contribution in [0.5, 0.6) is 0 Å². The van der Waals surface area contributed by atoms with Gasteiger partial charge in [0.15, 0.2) is 6.29 Å². The van der Waals surface area contributed by atoms with Crippen molar-refractivity contribution < 1.29 is 24.5 Å². The molecule has 0 saturated carbocycles. The normalized spacial score (nSPS) is 20.2. The van der Waals surface area contributed by atoms with Crippen LogP contribution in [-0.2, 0) is 14.3 Å². The summed E-state index contributed by atoms with van der Waals surface area (Å²) in [6, 6.07) is 0. The highest BCUT2D eigenvalue weighted by Crippen LogP contribution is 2.24. The maximum Gasteiger partial charge on any atom is 0.334 e. The van der Waals surface area contributed by atoms with Crippen LogP contribution in [0.2, 0.25) is 0 Å². The van der Waals surface area contributed by atoms with Crippen LogP contribution < -0.4 is 0 Å². The third-order valence-corrected chi connectivity index (χ3v) is 4.67. The van der Waals surface area contributed by atoms with Crippen molar-refractivity contribution in [1.82, 2.24) is 0 Å². The Balaban J connectivity index is 2.66. The summed E-state index contributed by atoms with van der Waals surface area (Å²) in [4.78, 5) is 11.5. The van der Waals surface area contributed by atoms with Crippen molar-refractivity contribution in [2.75, 3.05) is 6.61 Å². The Kier molecular flexibility index (Phi) is 11.6. The molecule has 0 aromatic rings. The second kappa shape index (κ2) is 13.2. The number of hydrogen-bond donors (Lipinski definition) is 2. The van der Waals surface area contributed by atoms with Gasteiger partial charge in [-0.1, -0.05) is 46.0 Å². The van der Waals surface area contributed by atoms with Crippen LogP contribution in [0.25, 0.3) is 0 Å². The van der Waals surface area contributed by atoms with Gasteiger partial charge < -0.3 is 19.7 Å². The summed E-state index contributed by atoms with van der Waals surface area (Å²) in [5.74, 6) is -1.04. The fourth-order valence-electron chi connectivity index (χ4n) is 3.13. The van der Waals surface area contributed by atoms with Gasteiger partial charge >= 0.3 is 5.97 Å². The Hall–Kier alpha value is -1.07. The third kappa shape index (κ3) is 9.26. The lowest BCUT2D eigenvalue weighted by molar-refractivity contribution is -0.190. The van der Waals surface area contributed by atoms with E-state index in [1.54, 1.807) is 0 Å². The van der Waals surface area contributed by atoms with Gasteiger partial charge in [-0.25, -0.2) is 4.79 Å². The van der Waals surface area contributed by atoms with Crippen molar-refractivity contribution in [3.05, 3.63) is 11.3 Å². The van der Waals surface area contributed by atoms with E-state index in [0.29, 0.717) is 13.0 Å². The first-order valence-electron chi connectivity index (χ1n) is 9.99. The minimum Gasteiger partial charge on any atom is -0.512 e. The molecule has 2 atom stereocenters. The first kappa shape index (κ1) is 22.0. The smallest absolute Gasteiger partial charge is 0.334 e. The van der Waals surface area contributed by atoms with E-state index in [2.05, 4.69) is 13.8 Å². The Morgan fingerprint density at radius 2 is 1.88 bits per heavy atom. The zero-order valence-electron chi connectivity index (χ0n) is 16.0. The van der Waals surface area contributed by atoms with Crippen molar-refractivity contribution >= 4 is 5.97 Å². The molecule has 0 aliphatic carbocycles. The van der Waals surface area contributed by atoms with Crippen LogP contribution in [0.1, 0.15) is 90.9 Å². The van der Waals surface area contributed by atoms with E-state index in [1.165, 1.54) is 0 Å². The molecule has 1 rings (SSSR count). The zero-order valence-corrected chi connectivity index (χ0v) is 16.0. The van der Waals surface area contributed by atoms with Crippen molar-refractivity contribution in [1.29, 1.82) is 0 Å². The van der Waals surface area contributed by atoms with Crippen molar-refractivity contribution in [2.45, 2.75) is 103 Å². The fourth-order valence-corrected chi connectivity index (χ4v) is 3.13. The quantitative estimate of drug-likeness (QED) is 0.264. The third-order valence-electron chi connectivity index (χ3n) is 4.67. The van der Waals surface area contributed by atoms with E-state index >= 15 is 0 Å². The van der Waals surface area contributed by atoms with E-state index in [0.717, 1.165) is 64.2 Å². The summed E-state index contributed by atoms with van der Waals surface area (Å²) in [7, 11) is 0. The second-order valence-corrected chi connectivity index (χ2v) is 6.94. The number of carbonyl (C=O) groups is 1. The molecular weight excluding hydrogens is 320 g/mol. The monoisotopic (exact) mass is 356 g/mol. The highest BCUT2D eigenvalue weighted by atomic mass is 16.7. The van der Waals surface area contributed by atoms with E-state index in [9.17, 15) is 15.0 Å². The highest BCUT2D eigenvalue weighted by Gasteiger charge is 2.23. The number of unbranched alkanes of at least 4 members (excludes halogenated alkanes) is 4. The molecular formula is C20H36O5. The van der Waals surface area contributed by atoms with Crippen LogP contribution in [0.15, 0.2) is 11.3 Å². The molecule has 0 bridgehead atoms. The topological polar surface area (TPSA) is 76.0 Å². The summed E-state index contributed by atoms with van der Waals surface area (Å²) in [5, 5.41) is 19.8. The summed E-state index contributed by atoms with van der Waals surface area (Å²) >= 11 is 0. The Morgan fingerprint density at radius 3 is 2.48 bits per heavy atom. The van der Waals surface area contributed by atoms with Gasteiger partial charge in [-0.2, -0.15) is 0 Å². The SMILES string of the molecule is CCCCCC/C(C(=O)O)=C(/O)CC(CCCC)OC1CCCCO1. The number of aliphatic hydroxyl groups is 1. The minimum absolute atomic E-state index is 0.0269. The molecule has 25 heavy (non-hydrogen) atoms. The van der Waals surface area contributed by atoms with Gasteiger partial charge in [0.05, 0.1) is 11.7 Å². The minimum atomic E-state index is -1.02. The lowest BCUT2D eigenvalue weighted by Gasteiger charge is -2.28. The molecule has 2 N–H and O–H groups in total. The number of carboxylic acid groups (broad SMARTS) is 1. The van der Waals surface area contributed by atoms with Gasteiger partial charge in [0, 0.05) is 13.0 Å². The molecule has 0 aromatic heterocycles. The molecule has 2 unspecified atom stereocenters. The highest BCUT2D eigenvalue weighted by molar-refractivity contribution is 5.87. The van der Waals surface area contributed by atoms with Gasteiger partial charge in [0.1, 0.15) is 5.76 Å².